The predicted octanol–water partition coefficient (Wildman–Crippen LogP) is 32.1. The summed E-state index contributed by atoms with van der Waals surface area (Å²) < 4.78 is 17.4. The number of anilines is 9. The van der Waals surface area contributed by atoms with Gasteiger partial charge in [0.05, 0.1) is 21.9 Å². The lowest BCUT2D eigenvalue weighted by Gasteiger charge is -2.40. The zero-order valence-electron chi connectivity index (χ0n) is 68.5. The number of hydrogen-bond donors (Lipinski definition) is 0. The van der Waals surface area contributed by atoms with Crippen LogP contribution in [-0.2, 0) is 10.8 Å². The molecule has 0 bridgehead atoms. The van der Waals surface area contributed by atoms with Gasteiger partial charge in [-0.25, -0.2) is 0 Å². The van der Waals surface area contributed by atoms with E-state index in [1.165, 1.54) is 55.3 Å². The molecule has 4 aliphatic rings. The molecule has 126 heavy (non-hydrogen) atoms. The molecule has 3 heterocycles. The standard InChI is InChI=1S/C120H76N4O2/c1-5-28-85(29-6-1)121(86-30-7-2-8-31-86)90-59-61-91(62-60-90)122(87-32-9-3-10-33-87)92-63-70-108-102(74-92)98-39-20-23-43-106(98)120(108)111-68-55-82-27-15-18-38-97(82)117(111)126-118-101-73-84(50-49-83(101)56-69-112(118)120)79-47-45-77(46-48-79)78-51-57-89(58-52-78)123(94-65-72-114-104(76-94)100-41-21-24-44-113(100)124(114)88-34-11-4-12-35-88)93-64-71-107-103(75-93)99-40-19-22-42-105(99)119(107)109-66-53-80-25-13-16-36-95(80)115(109)125-116-96-37-17-14-26-81(96)54-67-110(116)119/h1-76H. The van der Waals surface area contributed by atoms with Crippen LogP contribution in [0.5, 0.6) is 23.0 Å². The molecule has 1 aromatic heterocycles. The van der Waals surface area contributed by atoms with Crippen molar-refractivity contribution in [1.29, 1.82) is 0 Å². The Morgan fingerprint density at radius 1 is 0.175 bits per heavy atom. The molecule has 0 N–H and O–H groups in total. The van der Waals surface area contributed by atoms with Gasteiger partial charge in [-0.2, -0.15) is 0 Å². The van der Waals surface area contributed by atoms with Crippen LogP contribution in [0.1, 0.15) is 44.5 Å². The van der Waals surface area contributed by atoms with Crippen LogP contribution in [0.2, 0.25) is 0 Å². The van der Waals surface area contributed by atoms with Crippen LogP contribution in [0.15, 0.2) is 461 Å². The highest BCUT2D eigenvalue weighted by Crippen LogP contribution is 2.67. The van der Waals surface area contributed by atoms with Gasteiger partial charge in [0.1, 0.15) is 23.0 Å². The number of rotatable bonds is 12. The summed E-state index contributed by atoms with van der Waals surface area (Å²) in [5.41, 5.74) is 30.2. The summed E-state index contributed by atoms with van der Waals surface area (Å²) >= 11 is 0. The number of para-hydroxylation sites is 5. The van der Waals surface area contributed by atoms with Crippen LogP contribution in [-0.4, -0.2) is 4.57 Å². The largest absolute Gasteiger partial charge is 0.455 e. The molecule has 2 aliphatic heterocycles. The minimum absolute atomic E-state index is 0.694. The molecular formula is C120H76N4O2. The monoisotopic (exact) mass is 1600 g/mol. The second-order valence-corrected chi connectivity index (χ2v) is 33.7. The zero-order valence-corrected chi connectivity index (χ0v) is 68.5. The molecule has 1 unspecified atom stereocenters. The highest BCUT2D eigenvalue weighted by molar-refractivity contribution is 6.12. The van der Waals surface area contributed by atoms with Crippen molar-refractivity contribution in [3.05, 3.63) is 506 Å². The Hall–Kier alpha value is -16.5. The van der Waals surface area contributed by atoms with E-state index in [0.29, 0.717) is 0 Å². The zero-order chi connectivity index (χ0) is 82.7. The molecule has 0 amide bonds. The predicted molar refractivity (Wildman–Crippen MR) is 520 cm³/mol. The molecule has 0 saturated carbocycles. The van der Waals surface area contributed by atoms with E-state index >= 15 is 0 Å². The van der Waals surface area contributed by atoms with Gasteiger partial charge in [0.25, 0.3) is 0 Å². The highest BCUT2D eigenvalue weighted by Gasteiger charge is 2.54. The summed E-state index contributed by atoms with van der Waals surface area (Å²) in [6.45, 7) is 0. The van der Waals surface area contributed by atoms with Crippen molar-refractivity contribution in [3.8, 4) is 73.2 Å². The van der Waals surface area contributed by atoms with Crippen LogP contribution in [0.25, 0.3) is 115 Å². The van der Waals surface area contributed by atoms with E-state index in [1.807, 2.05) is 0 Å². The number of ether oxygens (including phenoxy) is 2. The number of hydrogen-bond acceptors (Lipinski definition) is 5. The van der Waals surface area contributed by atoms with Gasteiger partial charge in [-0.1, -0.05) is 322 Å². The first-order chi connectivity index (χ1) is 62.5. The van der Waals surface area contributed by atoms with Gasteiger partial charge in [-0.15, -0.1) is 0 Å². The van der Waals surface area contributed by atoms with E-state index in [9.17, 15) is 0 Å². The molecular weight excluding hydrogens is 1530 g/mol. The van der Waals surface area contributed by atoms with Crippen LogP contribution in [0, 0.1) is 0 Å². The second-order valence-electron chi connectivity index (χ2n) is 33.7. The third kappa shape index (κ3) is 10.6. The van der Waals surface area contributed by atoms with Crippen LogP contribution >= 0.6 is 0 Å². The van der Waals surface area contributed by atoms with Gasteiger partial charge < -0.3 is 28.7 Å². The maximum absolute atomic E-state index is 7.67. The Morgan fingerprint density at radius 2 is 0.468 bits per heavy atom. The Morgan fingerprint density at radius 3 is 0.944 bits per heavy atom. The summed E-state index contributed by atoms with van der Waals surface area (Å²) in [4.78, 5) is 7.17. The van der Waals surface area contributed by atoms with Crippen molar-refractivity contribution in [2.24, 2.45) is 0 Å². The van der Waals surface area contributed by atoms with Gasteiger partial charge >= 0.3 is 0 Å². The third-order valence-corrected chi connectivity index (χ3v) is 27.2. The quantitative estimate of drug-likeness (QED) is 0.122. The molecule has 588 valence electrons. The highest BCUT2D eigenvalue weighted by atomic mass is 16.5. The van der Waals surface area contributed by atoms with Gasteiger partial charge in [-0.05, 0) is 228 Å². The van der Waals surface area contributed by atoms with Crippen molar-refractivity contribution >= 4 is 116 Å². The fourth-order valence-corrected chi connectivity index (χ4v) is 21.7. The molecule has 6 nitrogen and oxygen atoms in total. The number of fused-ring (bicyclic) bond motifs is 29. The molecule has 22 aromatic rings. The van der Waals surface area contributed by atoms with Crippen molar-refractivity contribution in [3.63, 3.8) is 0 Å². The van der Waals surface area contributed by atoms with Crippen molar-refractivity contribution < 1.29 is 9.47 Å². The van der Waals surface area contributed by atoms with Crippen molar-refractivity contribution in [1.82, 2.24) is 4.57 Å². The van der Waals surface area contributed by atoms with E-state index in [-0.39, 0.29) is 0 Å². The maximum atomic E-state index is 7.67. The van der Waals surface area contributed by atoms with Crippen molar-refractivity contribution in [2.75, 3.05) is 14.7 Å². The molecule has 0 fully saturated rings. The Balaban J connectivity index is 0.581. The first kappa shape index (κ1) is 71.2. The van der Waals surface area contributed by atoms with E-state index in [0.717, 1.165) is 179 Å². The molecule has 1 atom stereocenters. The fourth-order valence-electron chi connectivity index (χ4n) is 21.7. The molecule has 6 heteroatoms. The van der Waals surface area contributed by atoms with Gasteiger partial charge in [0.2, 0.25) is 0 Å². The van der Waals surface area contributed by atoms with Crippen LogP contribution in [0.3, 0.4) is 0 Å². The van der Waals surface area contributed by atoms with E-state index in [4.69, 9.17) is 9.47 Å². The third-order valence-electron chi connectivity index (χ3n) is 27.2. The van der Waals surface area contributed by atoms with Crippen LogP contribution in [0.4, 0.5) is 51.2 Å². The average Bonchev–Trinajstić information content (AvgIpc) is 1.47. The summed E-state index contributed by atoms with van der Waals surface area (Å²) in [6, 6.07) is 170. The molecule has 26 rings (SSSR count). The van der Waals surface area contributed by atoms with E-state index in [2.05, 4.69) is 480 Å². The normalized spacial score (nSPS) is 13.9. The first-order valence-electron chi connectivity index (χ1n) is 43.4. The minimum atomic E-state index is -0.749. The molecule has 21 aromatic carbocycles. The first-order valence-corrected chi connectivity index (χ1v) is 43.4. The SMILES string of the molecule is c1ccc(N(c2ccccc2)c2ccc(N(c3ccccc3)c3ccc4c(c3)-c3ccccc3C43c4ccc5ccccc5c4Oc4c3ccc3ccc(-c5ccc(-c6ccc(N(c7ccc8c(c7)-c7ccccc7C87c8ccc9ccccc9c8Oc8c7ccc7ccccc87)c7ccc8c(c7)c7ccccc7n8-c7ccccc7)cc6)cc5)cc43)cc2)cc1. The molecule has 2 aliphatic carbocycles. The molecule has 2 spiro atoms. The summed E-state index contributed by atoms with van der Waals surface area (Å²) in [5.74, 6) is 3.55. The Labute approximate surface area is 729 Å². The average molecular weight is 1610 g/mol. The van der Waals surface area contributed by atoms with E-state index in [1.54, 1.807) is 0 Å². The minimum Gasteiger partial charge on any atom is -0.455 e. The number of nitrogens with zero attached hydrogens (tertiary/aromatic N) is 4. The maximum Gasteiger partial charge on any atom is 0.140 e. The van der Waals surface area contributed by atoms with Gasteiger partial charge in [-0.3, -0.25) is 0 Å². The Kier molecular flexibility index (Phi) is 15.8. The molecule has 0 radical (unpaired) electrons. The topological polar surface area (TPSA) is 33.1 Å². The lowest BCUT2D eigenvalue weighted by Crippen LogP contribution is -2.32. The summed E-state index contributed by atoms with van der Waals surface area (Å²) in [7, 11) is 0. The van der Waals surface area contributed by atoms with Gasteiger partial charge in [0.15, 0.2) is 0 Å². The number of aromatic nitrogens is 1. The second kappa shape index (κ2) is 28.0. The lowest BCUT2D eigenvalue weighted by atomic mass is 9.65. The number of benzene rings is 21. The Bertz CT molecular complexity index is 8090. The lowest BCUT2D eigenvalue weighted by molar-refractivity contribution is 0.447. The fraction of sp³-hybridized carbons (Fsp3) is 0.0167. The van der Waals surface area contributed by atoms with E-state index < -0.39 is 10.8 Å². The van der Waals surface area contributed by atoms with Crippen molar-refractivity contribution in [2.45, 2.75) is 10.8 Å². The van der Waals surface area contributed by atoms with Gasteiger partial charge in [0, 0.05) is 111 Å². The summed E-state index contributed by atoms with van der Waals surface area (Å²) in [6.07, 6.45) is 0. The summed E-state index contributed by atoms with van der Waals surface area (Å²) in [5, 5.41) is 11.2. The van der Waals surface area contributed by atoms with Crippen LogP contribution < -0.4 is 24.2 Å². The molecule has 0 saturated heterocycles. The smallest absolute Gasteiger partial charge is 0.140 e.